The molecule has 0 aromatic heterocycles. The van der Waals surface area contributed by atoms with Crippen molar-refractivity contribution in [2.75, 3.05) is 0 Å². The van der Waals surface area contributed by atoms with Crippen LogP contribution in [0.1, 0.15) is 76.3 Å². The van der Waals surface area contributed by atoms with Crippen LogP contribution in [0.4, 0.5) is 0 Å². The van der Waals surface area contributed by atoms with E-state index >= 15 is 0 Å². The molecular weight excluding hydrogens is 208 g/mol. The first-order valence-electron chi connectivity index (χ1n) is 6.92. The minimum atomic E-state index is 0.420. The summed E-state index contributed by atoms with van der Waals surface area (Å²) < 4.78 is 0. The van der Waals surface area contributed by atoms with Crippen LogP contribution in [0.2, 0.25) is 0 Å². The van der Waals surface area contributed by atoms with Gasteiger partial charge in [0.15, 0.2) is 0 Å². The molecule has 0 bridgehead atoms. The summed E-state index contributed by atoms with van der Waals surface area (Å²) in [4.78, 5) is 0. The number of phenolic OH excluding ortho intramolecular Hbond substituents is 1. The molecule has 0 saturated heterocycles. The van der Waals surface area contributed by atoms with E-state index < -0.39 is 0 Å². The first-order chi connectivity index (χ1) is 8.08. The van der Waals surface area contributed by atoms with E-state index in [4.69, 9.17) is 0 Å². The number of rotatable bonds is 6. The Morgan fingerprint density at radius 3 is 1.65 bits per heavy atom. The molecule has 0 aliphatic carbocycles. The Labute approximate surface area is 106 Å². The van der Waals surface area contributed by atoms with Crippen molar-refractivity contribution in [2.24, 2.45) is 0 Å². The number of hydrogen-bond acceptors (Lipinski definition) is 1. The van der Waals surface area contributed by atoms with E-state index in [-0.39, 0.29) is 0 Å². The number of benzene rings is 1. The molecule has 1 heteroatoms. The summed E-state index contributed by atoms with van der Waals surface area (Å²) in [6, 6.07) is 6.12. The Morgan fingerprint density at radius 2 is 1.29 bits per heavy atom. The third kappa shape index (κ3) is 4.07. The summed E-state index contributed by atoms with van der Waals surface area (Å²) in [5.41, 5.74) is 2.56. The smallest absolute Gasteiger partial charge is 0.116 e. The van der Waals surface area contributed by atoms with Gasteiger partial charge in [0.2, 0.25) is 0 Å². The summed E-state index contributed by atoms with van der Waals surface area (Å²) in [7, 11) is 0. The highest BCUT2D eigenvalue weighted by Crippen LogP contribution is 2.30. The molecule has 0 radical (unpaired) electrons. The third-order valence-electron chi connectivity index (χ3n) is 3.54. The molecule has 0 saturated carbocycles. The van der Waals surface area contributed by atoms with Crippen molar-refractivity contribution in [2.45, 2.75) is 65.2 Å². The second kappa shape index (κ2) is 6.68. The largest absolute Gasteiger partial charge is 0.508 e. The number of phenols is 1. The van der Waals surface area contributed by atoms with Gasteiger partial charge in [-0.15, -0.1) is 0 Å². The standard InChI is InChI=1S/C16H26O/c1-5-7-12(3)14-9-15(11-16(17)10-14)13(4)8-6-2/h9-13,17H,5-8H2,1-4H3. The lowest BCUT2D eigenvalue weighted by Crippen LogP contribution is -1.98. The van der Waals surface area contributed by atoms with Crippen LogP contribution in [-0.4, -0.2) is 5.11 Å². The first kappa shape index (κ1) is 14.1. The lowest BCUT2D eigenvalue weighted by Gasteiger charge is -2.16. The Morgan fingerprint density at radius 1 is 0.882 bits per heavy atom. The van der Waals surface area contributed by atoms with Gasteiger partial charge in [-0.2, -0.15) is 0 Å². The first-order valence-corrected chi connectivity index (χ1v) is 6.92. The SMILES string of the molecule is CCCC(C)c1cc(O)cc(C(C)CCC)c1. The summed E-state index contributed by atoms with van der Waals surface area (Å²) in [6.07, 6.45) is 4.75. The van der Waals surface area contributed by atoms with E-state index in [1.165, 1.54) is 36.8 Å². The van der Waals surface area contributed by atoms with Crippen LogP contribution in [0.3, 0.4) is 0 Å². The zero-order valence-corrected chi connectivity index (χ0v) is 11.7. The predicted molar refractivity (Wildman–Crippen MR) is 74.8 cm³/mol. The monoisotopic (exact) mass is 234 g/mol. The van der Waals surface area contributed by atoms with Crippen molar-refractivity contribution in [3.63, 3.8) is 0 Å². The van der Waals surface area contributed by atoms with Gasteiger partial charge in [0.05, 0.1) is 0 Å². The fourth-order valence-electron chi connectivity index (χ4n) is 2.43. The van der Waals surface area contributed by atoms with Crippen molar-refractivity contribution in [3.05, 3.63) is 29.3 Å². The van der Waals surface area contributed by atoms with E-state index in [2.05, 4.69) is 33.8 Å². The zero-order valence-electron chi connectivity index (χ0n) is 11.7. The van der Waals surface area contributed by atoms with Crippen molar-refractivity contribution in [3.8, 4) is 5.75 Å². The summed E-state index contributed by atoms with van der Waals surface area (Å²) >= 11 is 0. The highest BCUT2D eigenvalue weighted by Gasteiger charge is 2.11. The maximum atomic E-state index is 9.83. The molecule has 2 atom stereocenters. The van der Waals surface area contributed by atoms with Gasteiger partial charge in [-0.1, -0.05) is 46.6 Å². The molecule has 17 heavy (non-hydrogen) atoms. The molecule has 1 N–H and O–H groups in total. The van der Waals surface area contributed by atoms with E-state index in [9.17, 15) is 5.11 Å². The van der Waals surface area contributed by atoms with Crippen LogP contribution >= 0.6 is 0 Å². The lowest BCUT2D eigenvalue weighted by molar-refractivity contribution is 0.471. The Kier molecular flexibility index (Phi) is 5.54. The molecule has 1 aromatic rings. The van der Waals surface area contributed by atoms with Gasteiger partial charge in [0, 0.05) is 0 Å². The van der Waals surface area contributed by atoms with E-state index in [1.54, 1.807) is 0 Å². The highest BCUT2D eigenvalue weighted by molar-refractivity contribution is 5.36. The second-order valence-corrected chi connectivity index (χ2v) is 5.24. The molecule has 0 aliphatic heterocycles. The van der Waals surface area contributed by atoms with Crippen molar-refractivity contribution >= 4 is 0 Å². The van der Waals surface area contributed by atoms with E-state index in [0.29, 0.717) is 17.6 Å². The van der Waals surface area contributed by atoms with Crippen molar-refractivity contribution < 1.29 is 5.11 Å². The van der Waals surface area contributed by atoms with Gasteiger partial charge in [0.25, 0.3) is 0 Å². The Hall–Kier alpha value is -0.980. The van der Waals surface area contributed by atoms with Gasteiger partial charge in [0.1, 0.15) is 5.75 Å². The molecule has 0 amide bonds. The maximum Gasteiger partial charge on any atom is 0.116 e. The average Bonchev–Trinajstić information content (AvgIpc) is 2.29. The van der Waals surface area contributed by atoms with Gasteiger partial charge in [-0.05, 0) is 47.9 Å². The van der Waals surface area contributed by atoms with Crippen LogP contribution in [0, 0.1) is 0 Å². The van der Waals surface area contributed by atoms with Gasteiger partial charge in [-0.25, -0.2) is 0 Å². The zero-order chi connectivity index (χ0) is 12.8. The average molecular weight is 234 g/mol. The predicted octanol–water partition coefficient (Wildman–Crippen LogP) is 5.20. The van der Waals surface area contributed by atoms with Gasteiger partial charge < -0.3 is 5.11 Å². The fourth-order valence-corrected chi connectivity index (χ4v) is 2.43. The summed E-state index contributed by atoms with van der Waals surface area (Å²) in [6.45, 7) is 8.90. The normalized spacial score (nSPS) is 14.6. The summed E-state index contributed by atoms with van der Waals surface area (Å²) in [5, 5.41) is 9.83. The van der Waals surface area contributed by atoms with Crippen LogP contribution in [0.5, 0.6) is 5.75 Å². The van der Waals surface area contributed by atoms with E-state index in [0.717, 1.165) is 0 Å². The topological polar surface area (TPSA) is 20.2 Å². The molecule has 0 aliphatic rings. The van der Waals surface area contributed by atoms with Crippen LogP contribution in [0.25, 0.3) is 0 Å². The molecule has 96 valence electrons. The molecule has 0 fully saturated rings. The molecule has 1 rings (SSSR count). The van der Waals surface area contributed by atoms with Crippen molar-refractivity contribution in [1.29, 1.82) is 0 Å². The highest BCUT2D eigenvalue weighted by atomic mass is 16.3. The van der Waals surface area contributed by atoms with Crippen LogP contribution in [0.15, 0.2) is 18.2 Å². The molecular formula is C16H26O. The van der Waals surface area contributed by atoms with Crippen LogP contribution < -0.4 is 0 Å². The van der Waals surface area contributed by atoms with E-state index in [1.807, 2.05) is 12.1 Å². The minimum Gasteiger partial charge on any atom is -0.508 e. The fraction of sp³-hybridized carbons (Fsp3) is 0.625. The second-order valence-electron chi connectivity index (χ2n) is 5.24. The third-order valence-corrected chi connectivity index (χ3v) is 3.54. The van der Waals surface area contributed by atoms with Crippen molar-refractivity contribution in [1.82, 2.24) is 0 Å². The Balaban J connectivity index is 2.93. The molecule has 0 heterocycles. The molecule has 2 unspecified atom stereocenters. The quantitative estimate of drug-likeness (QED) is 0.717. The minimum absolute atomic E-state index is 0.420. The summed E-state index contributed by atoms with van der Waals surface area (Å²) in [5.74, 6) is 1.50. The lowest BCUT2D eigenvalue weighted by atomic mass is 9.90. The molecule has 1 aromatic carbocycles. The number of hydrogen-bond donors (Lipinski definition) is 1. The number of aromatic hydroxyl groups is 1. The molecule has 1 nitrogen and oxygen atoms in total. The maximum absolute atomic E-state index is 9.83. The van der Waals surface area contributed by atoms with Gasteiger partial charge >= 0.3 is 0 Å². The van der Waals surface area contributed by atoms with Gasteiger partial charge in [-0.3, -0.25) is 0 Å². The Bertz CT molecular complexity index is 313. The van der Waals surface area contributed by atoms with Crippen LogP contribution in [-0.2, 0) is 0 Å². The molecule has 0 spiro atoms.